The summed E-state index contributed by atoms with van der Waals surface area (Å²) in [6.45, 7) is 4.05. The van der Waals surface area contributed by atoms with E-state index < -0.39 is 143 Å². The number of carboxylic acid groups (broad SMARTS) is 1. The number of hydrogen-bond acceptors (Lipinski definition) is 22. The molecule has 4 aliphatic heterocycles. The number of carboxylic acids is 1. The number of aromatic carboxylic acids is 1. The van der Waals surface area contributed by atoms with Gasteiger partial charge in [0.15, 0.2) is 11.4 Å². The lowest BCUT2D eigenvalue weighted by atomic mass is 10.0. The Bertz CT molecular complexity index is 6940. The summed E-state index contributed by atoms with van der Waals surface area (Å²) in [5, 5.41) is 34.6. The van der Waals surface area contributed by atoms with Crippen LogP contribution in [-0.4, -0.2) is 187 Å². The number of alkyl halides is 12. The number of benzene rings is 6. The number of esters is 4. The molecule has 48 heteroatoms. The van der Waals surface area contributed by atoms with Crippen LogP contribution >= 0.6 is 0 Å². The second-order valence-corrected chi connectivity index (χ2v) is 32.3. The van der Waals surface area contributed by atoms with E-state index >= 15 is 0 Å². The Labute approximate surface area is 773 Å². The van der Waals surface area contributed by atoms with E-state index in [1.807, 2.05) is 0 Å². The molecule has 5 N–H and O–H groups in total. The number of H-pyrrole nitrogens is 3. The van der Waals surface area contributed by atoms with Crippen LogP contribution in [0.15, 0.2) is 154 Å². The Morgan fingerprint density at radius 2 is 0.712 bits per heavy atom. The molecule has 730 valence electrons. The maximum atomic E-state index is 14.8. The third-order valence-corrected chi connectivity index (χ3v) is 22.3. The van der Waals surface area contributed by atoms with Crippen LogP contribution in [0.2, 0.25) is 0 Å². The number of nitrogens with one attached hydrogen (secondary N) is 4. The fourth-order valence-electron chi connectivity index (χ4n) is 15.9. The lowest BCUT2D eigenvalue weighted by molar-refractivity contribution is -0.148. The third-order valence-electron chi connectivity index (χ3n) is 22.3. The Hall–Kier alpha value is -15.8. The molecule has 0 aliphatic carbocycles. The molecule has 7 aromatic heterocycles. The average Bonchev–Trinajstić information content (AvgIpc) is 1.62. The van der Waals surface area contributed by atoms with Crippen molar-refractivity contribution in [3.05, 3.63) is 307 Å². The first-order chi connectivity index (χ1) is 65.6. The number of ether oxygens (including phenoxy) is 5. The molecule has 0 saturated carbocycles. The second kappa shape index (κ2) is 40.6. The van der Waals surface area contributed by atoms with Crippen LogP contribution in [0.4, 0.5) is 70.7 Å². The number of carbonyl (C=O) groups excluding carboxylic acids is 7. The predicted octanol–water partition coefficient (Wildman–Crippen LogP) is 13.4. The van der Waals surface area contributed by atoms with E-state index in [1.54, 1.807) is 93.6 Å². The van der Waals surface area contributed by atoms with E-state index in [0.717, 1.165) is 86.8 Å². The molecule has 0 spiro atoms. The summed E-state index contributed by atoms with van der Waals surface area (Å²) in [4.78, 5) is 143. The fourth-order valence-corrected chi connectivity index (χ4v) is 15.9. The van der Waals surface area contributed by atoms with Crippen molar-refractivity contribution in [2.75, 3.05) is 54.6 Å². The third kappa shape index (κ3) is 22.2. The smallest absolute Gasteiger partial charge is 0.449 e. The molecule has 0 saturated heterocycles. The lowest BCUT2D eigenvalue weighted by Gasteiger charge is -2.32. The Kier molecular flexibility index (Phi) is 29.4. The lowest BCUT2D eigenvalue weighted by Crippen LogP contribution is -2.42. The summed E-state index contributed by atoms with van der Waals surface area (Å²) >= 11 is 0. The number of rotatable bonds is 13. The number of halogens is 15. The van der Waals surface area contributed by atoms with Gasteiger partial charge in [0.1, 0.15) is 34.4 Å². The van der Waals surface area contributed by atoms with Crippen molar-refractivity contribution in [3.8, 4) is 0 Å². The van der Waals surface area contributed by atoms with E-state index in [4.69, 9.17) is 9.84 Å². The molecular formula is C91H79F15N16O17. The summed E-state index contributed by atoms with van der Waals surface area (Å²) in [6.07, 6.45) is -18.7. The SMILES string of the molecule is COC(=O)c1cc(C(F)(F)F)n2c1CN(C(=O)OC(C)(C)C)CC2.COC(=O)c1cc(C(F)(F)F)n2c1CNCC2.COC(=O)c1nc(C(F)(F)F)n2c1CN(C(=O)c1cc(Cc3n[nH]c(=O)c4ccccc34)ccc1F)CC2.COC(=O)c1nc(C(F)(F)F)n2c1CN(C(=O)c1cc(Cc3n[nH]c(=O)c4ccccc34)ccc1F)CC2.O=C(O)c1cc(Cc2n[nH]c(=O)c3ccccc23)ccc1F. The van der Waals surface area contributed by atoms with E-state index in [0.29, 0.717) is 78.3 Å². The minimum Gasteiger partial charge on any atom is -0.478 e. The number of hydrogen-bond donors (Lipinski definition) is 5. The van der Waals surface area contributed by atoms with Gasteiger partial charge in [-0.3, -0.25) is 24.0 Å². The number of carbonyl (C=O) groups is 8. The van der Waals surface area contributed by atoms with Crippen LogP contribution in [0.1, 0.15) is 173 Å². The topological polar surface area (TPSA) is 407 Å². The largest absolute Gasteiger partial charge is 0.478 e. The summed E-state index contributed by atoms with van der Waals surface area (Å²) in [5.41, 5.74) is -2.36. The molecule has 33 nitrogen and oxygen atoms in total. The van der Waals surface area contributed by atoms with Crippen LogP contribution in [0.25, 0.3) is 32.3 Å². The van der Waals surface area contributed by atoms with Crippen LogP contribution < -0.4 is 22.0 Å². The maximum absolute atomic E-state index is 14.8. The number of aromatic amines is 3. The Morgan fingerprint density at radius 1 is 0.381 bits per heavy atom. The second-order valence-electron chi connectivity index (χ2n) is 32.3. The molecule has 13 aromatic rings. The standard InChI is InChI=1S/2C25H19F4N5O4.C16H11FN2O3.C15H19F3N2O4.C10H11F3N2O2/c2*1-38-23(37)20-19-12-33(8-9-34(19)24(30-20)25(27,28)29)22(36)16-10-13(6-7-17(16)26)11-18-14-4-2-3-5-15(14)21(35)32-31-18;17-13-6-5-9(7-12(13)16(21)22)8-14-10-3-1-2-4-11(10)15(20)19-18-14;1-14(2,3)24-13(22)19-5-6-20-10(8-19)9(12(21)23-4)7-11(20)15(16,17)18;1-17-9(16)6-4-8(10(11,12)13)15-3-2-14-5-7(6)15/h2*2-7,10H,8-9,11-12H2,1H3,(H,32,35);1-7H,8H2,(H,19,20)(H,21,22);7H,5-6,8H2,1-4H3;4,14H,2-3,5H2,1H3. The molecule has 17 rings (SSSR count). The van der Waals surface area contributed by atoms with Crippen molar-refractivity contribution in [1.29, 1.82) is 0 Å². The van der Waals surface area contributed by atoms with Crippen molar-refractivity contribution in [2.45, 2.75) is 123 Å². The van der Waals surface area contributed by atoms with E-state index in [-0.39, 0.29) is 140 Å². The van der Waals surface area contributed by atoms with Crippen molar-refractivity contribution in [3.63, 3.8) is 0 Å². The zero-order chi connectivity index (χ0) is 101. The van der Waals surface area contributed by atoms with Gasteiger partial charge in [0.05, 0.1) is 126 Å². The van der Waals surface area contributed by atoms with E-state index in [9.17, 15) is 119 Å². The molecule has 6 aromatic carbocycles. The summed E-state index contributed by atoms with van der Waals surface area (Å²) in [5.74, 6) is -11.6. The number of imidazole rings is 2. The van der Waals surface area contributed by atoms with Gasteiger partial charge in [0.25, 0.3) is 28.5 Å². The first kappa shape index (κ1) is 101. The maximum Gasteiger partial charge on any atom is 0.449 e. The van der Waals surface area contributed by atoms with Crippen molar-refractivity contribution in [2.24, 2.45) is 0 Å². The van der Waals surface area contributed by atoms with Crippen molar-refractivity contribution >= 4 is 80.1 Å². The Balaban J connectivity index is 0.000000151. The zero-order valence-electron chi connectivity index (χ0n) is 73.9. The van der Waals surface area contributed by atoms with Crippen LogP contribution in [-0.2, 0) is 120 Å². The number of aromatic nitrogens is 12. The minimum absolute atomic E-state index is 0.0213. The van der Waals surface area contributed by atoms with Gasteiger partial charge in [-0.25, -0.2) is 67.2 Å². The van der Waals surface area contributed by atoms with Gasteiger partial charge in [0.2, 0.25) is 11.6 Å². The highest BCUT2D eigenvalue weighted by atomic mass is 19.4. The van der Waals surface area contributed by atoms with Crippen LogP contribution in [0.3, 0.4) is 0 Å². The predicted molar refractivity (Wildman–Crippen MR) is 458 cm³/mol. The molecule has 139 heavy (non-hydrogen) atoms. The molecule has 0 atom stereocenters. The summed E-state index contributed by atoms with van der Waals surface area (Å²) < 4.78 is 229. The molecule has 4 aliphatic rings. The van der Waals surface area contributed by atoms with Crippen molar-refractivity contribution < 1.29 is 133 Å². The van der Waals surface area contributed by atoms with Crippen LogP contribution in [0, 0.1) is 17.5 Å². The van der Waals surface area contributed by atoms with Gasteiger partial charge in [-0.2, -0.15) is 68.0 Å². The first-order valence-electron chi connectivity index (χ1n) is 41.6. The molecule has 0 fully saturated rings. The molecule has 3 amide bonds. The quantitative estimate of drug-likeness (QED) is 0.0406. The first-order valence-corrected chi connectivity index (χ1v) is 41.6. The number of amides is 3. The average molecular weight is 1950 g/mol. The summed E-state index contributed by atoms with van der Waals surface area (Å²) in [6, 6.07) is 34.1. The zero-order valence-corrected chi connectivity index (χ0v) is 73.9. The highest BCUT2D eigenvalue weighted by molar-refractivity contribution is 5.98. The summed E-state index contributed by atoms with van der Waals surface area (Å²) in [7, 11) is 4.26. The Morgan fingerprint density at radius 3 is 1.06 bits per heavy atom. The van der Waals surface area contributed by atoms with E-state index in [2.05, 4.69) is 64.8 Å². The van der Waals surface area contributed by atoms with Crippen molar-refractivity contribution in [1.82, 2.24) is 78.8 Å². The molecule has 0 bridgehead atoms. The minimum atomic E-state index is -4.83. The highest BCUT2D eigenvalue weighted by Gasteiger charge is 2.46. The van der Waals surface area contributed by atoms with Gasteiger partial charge < -0.3 is 67.1 Å². The number of fused-ring (bicyclic) bond motifs is 7. The van der Waals surface area contributed by atoms with Gasteiger partial charge in [0, 0.05) is 100 Å². The van der Waals surface area contributed by atoms with Gasteiger partial charge >= 0.3 is 60.6 Å². The monoisotopic (exact) mass is 1950 g/mol. The van der Waals surface area contributed by atoms with Crippen LogP contribution in [0.5, 0.6) is 0 Å². The molecule has 0 radical (unpaired) electrons. The number of methoxy groups -OCH3 is 4. The van der Waals surface area contributed by atoms with Gasteiger partial charge in [-0.05, 0) is 104 Å². The highest BCUT2D eigenvalue weighted by Crippen LogP contribution is 2.40. The number of nitrogens with zero attached hydrogens (tertiary/aromatic N) is 12. The normalized spacial score (nSPS) is 13.6. The fraction of sp³-hybridized carbons (Fsp3) is 0.297. The van der Waals surface area contributed by atoms with Gasteiger partial charge in [-0.1, -0.05) is 72.8 Å². The van der Waals surface area contributed by atoms with E-state index in [1.165, 1.54) is 41.3 Å². The molecule has 0 unspecified atom stereocenters. The molecular weight excluding hydrogens is 1870 g/mol. The van der Waals surface area contributed by atoms with Gasteiger partial charge in [-0.15, -0.1) is 0 Å². The molecule has 11 heterocycles.